The third kappa shape index (κ3) is 4.52. The third-order valence-corrected chi connectivity index (χ3v) is 4.03. The molecule has 1 fully saturated rings. The van der Waals surface area contributed by atoms with Crippen LogP contribution in [0.5, 0.6) is 0 Å². The molecule has 1 saturated heterocycles. The van der Waals surface area contributed by atoms with E-state index >= 15 is 0 Å². The number of amides is 1. The van der Waals surface area contributed by atoms with E-state index in [9.17, 15) is 18.0 Å². The van der Waals surface area contributed by atoms with Gasteiger partial charge in [0.1, 0.15) is 0 Å². The van der Waals surface area contributed by atoms with Crippen molar-refractivity contribution in [1.82, 2.24) is 25.0 Å². The average Bonchev–Trinajstić information content (AvgIpc) is 3.10. The Morgan fingerprint density at radius 3 is 2.52 bits per heavy atom. The Balaban J connectivity index is 1.54. The highest BCUT2D eigenvalue weighted by atomic mass is 19.4. The van der Waals surface area contributed by atoms with Crippen LogP contribution in [0, 0.1) is 0 Å². The molecule has 0 bridgehead atoms. The fraction of sp³-hybridized carbons (Fsp3) is 0.533. The Hall–Kier alpha value is -2.52. The molecule has 3 rings (SSSR count). The van der Waals surface area contributed by atoms with Crippen LogP contribution in [0.2, 0.25) is 0 Å². The van der Waals surface area contributed by atoms with Gasteiger partial charge in [-0.25, -0.2) is 9.97 Å². The van der Waals surface area contributed by atoms with Gasteiger partial charge in [0.05, 0.1) is 6.42 Å². The van der Waals surface area contributed by atoms with Crippen LogP contribution in [0.3, 0.4) is 0 Å². The van der Waals surface area contributed by atoms with Crippen LogP contribution in [0.15, 0.2) is 23.0 Å². The summed E-state index contributed by atoms with van der Waals surface area (Å²) in [5.41, 5.74) is 0. The van der Waals surface area contributed by atoms with E-state index in [1.54, 1.807) is 18.5 Å². The zero-order chi connectivity index (χ0) is 17.9. The van der Waals surface area contributed by atoms with Gasteiger partial charge < -0.3 is 9.42 Å². The summed E-state index contributed by atoms with van der Waals surface area (Å²) < 4.78 is 41.9. The minimum Gasteiger partial charge on any atom is -0.343 e. The summed E-state index contributed by atoms with van der Waals surface area (Å²) in [7, 11) is 0. The molecule has 0 atom stereocenters. The summed E-state index contributed by atoms with van der Waals surface area (Å²) in [5.74, 6) is 0.581. The second kappa shape index (κ2) is 7.16. The number of hydrogen-bond acceptors (Lipinski definition) is 6. The minimum absolute atomic E-state index is 0.0309. The number of rotatable bonds is 4. The summed E-state index contributed by atoms with van der Waals surface area (Å²) in [6, 6.07) is 1.68. The summed E-state index contributed by atoms with van der Waals surface area (Å²) in [5, 5.41) is 3.86. The van der Waals surface area contributed by atoms with Crippen molar-refractivity contribution in [1.29, 1.82) is 0 Å². The Bertz CT molecular complexity index is 711. The molecular formula is C15H16F3N5O2. The Morgan fingerprint density at radius 2 is 1.88 bits per heavy atom. The lowest BCUT2D eigenvalue weighted by molar-refractivity contribution is -0.149. The number of halogens is 3. The molecule has 0 spiro atoms. The van der Waals surface area contributed by atoms with Gasteiger partial charge in [-0.15, -0.1) is 0 Å². The summed E-state index contributed by atoms with van der Waals surface area (Å²) in [6.45, 7) is 0.752. The van der Waals surface area contributed by atoms with Crippen molar-refractivity contribution in [2.24, 2.45) is 0 Å². The SMILES string of the molecule is O=C(CCC(F)(F)F)N1CCC(c2nc(-c3ncccn3)no2)CC1. The highest BCUT2D eigenvalue weighted by Gasteiger charge is 2.31. The summed E-state index contributed by atoms with van der Waals surface area (Å²) in [4.78, 5) is 25.7. The normalized spacial score (nSPS) is 16.2. The predicted molar refractivity (Wildman–Crippen MR) is 79.2 cm³/mol. The molecule has 7 nitrogen and oxygen atoms in total. The van der Waals surface area contributed by atoms with Crippen LogP contribution in [-0.4, -0.2) is 50.2 Å². The van der Waals surface area contributed by atoms with E-state index in [1.165, 1.54) is 4.90 Å². The highest BCUT2D eigenvalue weighted by Crippen LogP contribution is 2.29. The van der Waals surface area contributed by atoms with Crippen molar-refractivity contribution in [3.8, 4) is 11.6 Å². The van der Waals surface area contributed by atoms with Gasteiger partial charge in [0.25, 0.3) is 0 Å². The number of piperidine rings is 1. The van der Waals surface area contributed by atoms with Gasteiger partial charge >= 0.3 is 6.18 Å². The number of carbonyl (C=O) groups is 1. The number of aromatic nitrogens is 4. The molecule has 0 unspecified atom stereocenters. The van der Waals surface area contributed by atoms with Crippen LogP contribution < -0.4 is 0 Å². The number of alkyl halides is 3. The predicted octanol–water partition coefficient (Wildman–Crippen LogP) is 2.58. The van der Waals surface area contributed by atoms with E-state index in [2.05, 4.69) is 20.1 Å². The monoisotopic (exact) mass is 355 g/mol. The molecule has 1 aliphatic heterocycles. The first-order valence-corrected chi connectivity index (χ1v) is 7.88. The maximum atomic E-state index is 12.2. The molecule has 0 aromatic carbocycles. The van der Waals surface area contributed by atoms with Crippen molar-refractivity contribution >= 4 is 5.91 Å². The molecule has 1 aliphatic rings. The Morgan fingerprint density at radius 1 is 1.20 bits per heavy atom. The van der Waals surface area contributed by atoms with Gasteiger partial charge in [0.15, 0.2) is 0 Å². The standard InChI is InChI=1S/C15H16F3N5O2/c16-15(17,18)5-2-11(24)23-8-3-10(4-9-23)14-21-13(22-25-14)12-19-6-1-7-20-12/h1,6-7,10H,2-5,8-9H2. The molecule has 0 N–H and O–H groups in total. The molecule has 0 radical (unpaired) electrons. The van der Waals surface area contributed by atoms with Crippen LogP contribution in [0.1, 0.15) is 37.5 Å². The third-order valence-electron chi connectivity index (χ3n) is 4.03. The molecule has 2 aromatic heterocycles. The van der Waals surface area contributed by atoms with E-state index in [4.69, 9.17) is 4.52 Å². The van der Waals surface area contributed by atoms with E-state index in [-0.39, 0.29) is 5.92 Å². The molecule has 134 valence electrons. The lowest BCUT2D eigenvalue weighted by Crippen LogP contribution is -2.38. The van der Waals surface area contributed by atoms with Crippen LogP contribution in [0.25, 0.3) is 11.6 Å². The van der Waals surface area contributed by atoms with E-state index in [0.717, 1.165) is 0 Å². The van der Waals surface area contributed by atoms with Crippen molar-refractivity contribution < 1.29 is 22.5 Å². The zero-order valence-corrected chi connectivity index (χ0v) is 13.2. The smallest absolute Gasteiger partial charge is 0.343 e. The van der Waals surface area contributed by atoms with E-state index < -0.39 is 24.9 Å². The fourth-order valence-electron chi connectivity index (χ4n) is 2.69. The number of nitrogens with zero attached hydrogens (tertiary/aromatic N) is 5. The topological polar surface area (TPSA) is 85.0 Å². The number of carbonyl (C=O) groups excluding carboxylic acids is 1. The van der Waals surface area contributed by atoms with Gasteiger partial charge in [-0.1, -0.05) is 5.16 Å². The summed E-state index contributed by atoms with van der Waals surface area (Å²) >= 11 is 0. The first-order valence-electron chi connectivity index (χ1n) is 7.88. The van der Waals surface area contributed by atoms with Crippen molar-refractivity contribution in [3.63, 3.8) is 0 Å². The lowest BCUT2D eigenvalue weighted by atomic mass is 9.96. The second-order valence-electron chi connectivity index (χ2n) is 5.80. The number of likely N-dealkylation sites (tertiary alicyclic amines) is 1. The number of hydrogen-bond donors (Lipinski definition) is 0. The Kier molecular flexibility index (Phi) is 4.95. The van der Waals surface area contributed by atoms with Gasteiger partial charge in [-0.3, -0.25) is 4.79 Å². The molecule has 25 heavy (non-hydrogen) atoms. The van der Waals surface area contributed by atoms with Crippen LogP contribution >= 0.6 is 0 Å². The van der Waals surface area contributed by atoms with Gasteiger partial charge in [-0.05, 0) is 18.9 Å². The molecule has 2 aromatic rings. The first-order chi connectivity index (χ1) is 11.9. The Labute approximate surface area is 141 Å². The molecule has 1 amide bonds. The van der Waals surface area contributed by atoms with Crippen molar-refractivity contribution in [2.45, 2.75) is 37.8 Å². The van der Waals surface area contributed by atoms with E-state index in [1.807, 2.05) is 0 Å². The van der Waals surface area contributed by atoms with Gasteiger partial charge in [0.2, 0.25) is 23.4 Å². The molecular weight excluding hydrogens is 339 g/mol. The first kappa shape index (κ1) is 17.3. The van der Waals surface area contributed by atoms with Crippen molar-refractivity contribution in [3.05, 3.63) is 24.4 Å². The quantitative estimate of drug-likeness (QED) is 0.838. The maximum absolute atomic E-state index is 12.2. The summed E-state index contributed by atoms with van der Waals surface area (Å²) in [6.07, 6.45) is -1.63. The van der Waals surface area contributed by atoms with Gasteiger partial charge in [0, 0.05) is 37.8 Å². The lowest BCUT2D eigenvalue weighted by Gasteiger charge is -2.30. The fourth-order valence-corrected chi connectivity index (χ4v) is 2.69. The zero-order valence-electron chi connectivity index (χ0n) is 13.2. The van der Waals surface area contributed by atoms with Crippen LogP contribution in [0.4, 0.5) is 13.2 Å². The molecule has 0 aliphatic carbocycles. The van der Waals surface area contributed by atoms with E-state index in [0.29, 0.717) is 43.5 Å². The largest absolute Gasteiger partial charge is 0.389 e. The minimum atomic E-state index is -4.31. The van der Waals surface area contributed by atoms with Crippen molar-refractivity contribution in [2.75, 3.05) is 13.1 Å². The molecule has 0 saturated carbocycles. The molecule has 10 heteroatoms. The molecule has 3 heterocycles. The van der Waals surface area contributed by atoms with Crippen LogP contribution in [-0.2, 0) is 4.79 Å². The average molecular weight is 355 g/mol. The van der Waals surface area contributed by atoms with Gasteiger partial charge in [-0.2, -0.15) is 18.2 Å². The highest BCUT2D eigenvalue weighted by molar-refractivity contribution is 5.76. The second-order valence-corrected chi connectivity index (χ2v) is 5.80. The maximum Gasteiger partial charge on any atom is 0.389 e.